The van der Waals surface area contributed by atoms with Crippen LogP contribution in [0.25, 0.3) is 0 Å². The van der Waals surface area contributed by atoms with Crippen LogP contribution in [0.2, 0.25) is 0 Å². The fourth-order valence-corrected chi connectivity index (χ4v) is 3.85. The summed E-state index contributed by atoms with van der Waals surface area (Å²) in [5, 5.41) is 0. The largest absolute Gasteiger partial charge is 0.424 e. The Labute approximate surface area is 136 Å². The third-order valence-electron chi connectivity index (χ3n) is 3.36. The lowest BCUT2D eigenvalue weighted by Gasteiger charge is -2.25. The molecule has 2 atom stereocenters. The van der Waals surface area contributed by atoms with Gasteiger partial charge in [0, 0.05) is 0 Å². The van der Waals surface area contributed by atoms with Crippen molar-refractivity contribution in [2.45, 2.75) is 12.7 Å². The average Bonchev–Trinajstić information content (AvgIpc) is 2.56. The Balaban J connectivity index is 1.53. The first-order valence-electron chi connectivity index (χ1n) is 7.54. The highest BCUT2D eigenvalue weighted by molar-refractivity contribution is 7.54. The summed E-state index contributed by atoms with van der Waals surface area (Å²) < 4.78 is 29.5. The molecule has 2 aromatic carbocycles. The van der Waals surface area contributed by atoms with Crippen LogP contribution in [0.15, 0.2) is 72.8 Å². The van der Waals surface area contributed by atoms with Crippen molar-refractivity contribution in [1.29, 1.82) is 0 Å². The Bertz CT molecular complexity index is 685. The fourth-order valence-electron chi connectivity index (χ4n) is 2.28. The van der Waals surface area contributed by atoms with E-state index in [2.05, 4.69) is 0 Å². The van der Waals surface area contributed by atoms with Gasteiger partial charge in [-0.3, -0.25) is 4.52 Å². The number of para-hydroxylation sites is 1. The van der Waals surface area contributed by atoms with Gasteiger partial charge in [0.25, 0.3) is 0 Å². The molecular weight excluding hydrogens is 311 g/mol. The van der Waals surface area contributed by atoms with Crippen LogP contribution in [0, 0.1) is 0 Å². The second-order valence-corrected chi connectivity index (χ2v) is 7.25. The number of hydrogen-bond donors (Lipinski definition) is 0. The van der Waals surface area contributed by atoms with Crippen LogP contribution in [0.4, 0.5) is 0 Å². The predicted molar refractivity (Wildman–Crippen MR) is 89.7 cm³/mol. The summed E-state index contributed by atoms with van der Waals surface area (Å²) in [7, 11) is -3.17. The van der Waals surface area contributed by atoms with E-state index < -0.39 is 7.60 Å². The van der Waals surface area contributed by atoms with E-state index >= 15 is 0 Å². The molecule has 120 valence electrons. The van der Waals surface area contributed by atoms with Crippen molar-refractivity contribution in [2.24, 2.45) is 0 Å². The second-order valence-electron chi connectivity index (χ2n) is 5.27. The second kappa shape index (κ2) is 7.60. The van der Waals surface area contributed by atoms with Gasteiger partial charge in [0.1, 0.15) is 11.9 Å². The summed E-state index contributed by atoms with van der Waals surface area (Å²) in [4.78, 5) is 0. The van der Waals surface area contributed by atoms with Gasteiger partial charge in [0.05, 0.1) is 19.4 Å². The molecule has 5 heteroatoms. The number of rotatable bonds is 6. The summed E-state index contributed by atoms with van der Waals surface area (Å²) in [5.74, 6) is 0.551. The first-order chi connectivity index (χ1) is 11.2. The lowest BCUT2D eigenvalue weighted by molar-refractivity contribution is 0.0555. The molecule has 0 spiro atoms. The summed E-state index contributed by atoms with van der Waals surface area (Å²) in [6.07, 6.45) is 3.62. The quantitative estimate of drug-likeness (QED) is 0.580. The molecule has 4 nitrogen and oxygen atoms in total. The smallest absolute Gasteiger partial charge is 0.383 e. The number of hydrogen-bond acceptors (Lipinski definition) is 4. The minimum Gasteiger partial charge on any atom is -0.424 e. The number of ether oxygens (including phenoxy) is 1. The van der Waals surface area contributed by atoms with Crippen molar-refractivity contribution in [3.8, 4) is 5.75 Å². The van der Waals surface area contributed by atoms with Crippen molar-refractivity contribution >= 4 is 7.60 Å². The molecule has 2 aromatic rings. The summed E-state index contributed by atoms with van der Waals surface area (Å²) in [6.45, 7) is 0.839. The molecule has 0 saturated carbocycles. The molecule has 23 heavy (non-hydrogen) atoms. The van der Waals surface area contributed by atoms with E-state index in [4.69, 9.17) is 13.8 Å². The Hall–Kier alpha value is -1.87. The molecule has 0 N–H and O–H groups in total. The fraction of sp³-hybridized carbons (Fsp3) is 0.222. The van der Waals surface area contributed by atoms with Crippen LogP contribution >= 0.6 is 7.60 Å². The molecule has 0 saturated heterocycles. The van der Waals surface area contributed by atoms with E-state index in [0.717, 1.165) is 5.56 Å². The molecule has 0 bridgehead atoms. The van der Waals surface area contributed by atoms with Crippen LogP contribution in [-0.2, 0) is 20.4 Å². The molecule has 0 aromatic heterocycles. The minimum atomic E-state index is -3.17. The topological polar surface area (TPSA) is 44.8 Å². The lowest BCUT2D eigenvalue weighted by Crippen LogP contribution is -2.21. The minimum absolute atomic E-state index is 0.275. The van der Waals surface area contributed by atoms with Crippen LogP contribution in [0.5, 0.6) is 5.75 Å². The van der Waals surface area contributed by atoms with Gasteiger partial charge in [0.2, 0.25) is 0 Å². The summed E-state index contributed by atoms with van der Waals surface area (Å²) >= 11 is 0. The van der Waals surface area contributed by atoms with Crippen LogP contribution in [-0.4, -0.2) is 18.9 Å². The SMILES string of the molecule is O=[P@]1(Oc2ccccc2)CC=C[C@@H](COCc2ccccc2)O1. The standard InChI is InChI=1S/C18H19O4P/c19-23(21-17-10-5-2-6-11-17)13-7-12-18(22-23)15-20-14-16-8-3-1-4-9-16/h1-12,18H,13-15H2/t18-,23-/m0/s1. The molecule has 0 unspecified atom stereocenters. The van der Waals surface area contributed by atoms with E-state index in [1.54, 1.807) is 12.1 Å². The van der Waals surface area contributed by atoms with Gasteiger partial charge >= 0.3 is 7.60 Å². The molecule has 1 aliphatic heterocycles. The lowest BCUT2D eigenvalue weighted by atomic mass is 10.2. The zero-order valence-electron chi connectivity index (χ0n) is 12.7. The van der Waals surface area contributed by atoms with Gasteiger partial charge in [-0.15, -0.1) is 0 Å². The van der Waals surface area contributed by atoms with E-state index in [1.807, 2.05) is 60.7 Å². The summed E-state index contributed by atoms with van der Waals surface area (Å²) in [5.41, 5.74) is 1.09. The zero-order valence-corrected chi connectivity index (χ0v) is 13.6. The Morgan fingerprint density at radius 2 is 1.74 bits per heavy atom. The van der Waals surface area contributed by atoms with Crippen molar-refractivity contribution in [1.82, 2.24) is 0 Å². The molecule has 0 fully saturated rings. The van der Waals surface area contributed by atoms with Crippen LogP contribution in [0.3, 0.4) is 0 Å². The van der Waals surface area contributed by atoms with Crippen LogP contribution < -0.4 is 4.52 Å². The predicted octanol–water partition coefficient (Wildman–Crippen LogP) is 4.43. The highest BCUT2D eigenvalue weighted by Crippen LogP contribution is 2.51. The van der Waals surface area contributed by atoms with E-state index in [-0.39, 0.29) is 12.3 Å². The molecule has 0 aliphatic carbocycles. The maximum Gasteiger partial charge on any atom is 0.383 e. The van der Waals surface area contributed by atoms with Gasteiger partial charge in [-0.1, -0.05) is 60.7 Å². The third-order valence-corrected chi connectivity index (χ3v) is 5.10. The zero-order chi connectivity index (χ0) is 16.0. The maximum atomic E-state index is 12.7. The maximum absolute atomic E-state index is 12.7. The molecule has 1 aliphatic rings. The van der Waals surface area contributed by atoms with E-state index in [0.29, 0.717) is 19.0 Å². The van der Waals surface area contributed by atoms with Crippen LogP contribution in [0.1, 0.15) is 5.56 Å². The molecule has 1 heterocycles. The van der Waals surface area contributed by atoms with Gasteiger partial charge in [-0.2, -0.15) is 0 Å². The van der Waals surface area contributed by atoms with Crippen molar-refractivity contribution < 1.29 is 18.3 Å². The number of benzene rings is 2. The third kappa shape index (κ3) is 4.80. The first kappa shape index (κ1) is 16.0. The number of allylic oxidation sites excluding steroid dienone is 1. The van der Waals surface area contributed by atoms with Crippen molar-refractivity contribution in [3.05, 3.63) is 78.4 Å². The highest BCUT2D eigenvalue weighted by atomic mass is 31.2. The van der Waals surface area contributed by atoms with Gasteiger partial charge in [-0.05, 0) is 17.7 Å². The summed E-state index contributed by atoms with van der Waals surface area (Å²) in [6, 6.07) is 19.0. The van der Waals surface area contributed by atoms with E-state index in [9.17, 15) is 4.57 Å². The molecule has 3 rings (SSSR count). The van der Waals surface area contributed by atoms with E-state index in [1.165, 1.54) is 0 Å². The van der Waals surface area contributed by atoms with Crippen molar-refractivity contribution in [3.63, 3.8) is 0 Å². The normalized spacial score (nSPS) is 23.6. The van der Waals surface area contributed by atoms with Gasteiger partial charge in [0.15, 0.2) is 0 Å². The Morgan fingerprint density at radius 3 is 2.48 bits per heavy atom. The molecular formula is C18H19O4P. The van der Waals surface area contributed by atoms with Crippen molar-refractivity contribution in [2.75, 3.05) is 12.8 Å². The average molecular weight is 330 g/mol. The monoisotopic (exact) mass is 330 g/mol. The molecule has 0 radical (unpaired) electrons. The Morgan fingerprint density at radius 1 is 1.04 bits per heavy atom. The first-order valence-corrected chi connectivity index (χ1v) is 9.27. The highest BCUT2D eigenvalue weighted by Gasteiger charge is 2.31. The Kier molecular flexibility index (Phi) is 5.29. The van der Waals surface area contributed by atoms with Gasteiger partial charge < -0.3 is 9.26 Å². The molecule has 0 amide bonds. The van der Waals surface area contributed by atoms with Gasteiger partial charge in [-0.25, -0.2) is 4.57 Å².